The maximum Gasteiger partial charge on any atom is 0.414 e. The molecule has 0 aliphatic carbocycles. The molecule has 0 bridgehead atoms. The summed E-state index contributed by atoms with van der Waals surface area (Å²) in [5.41, 5.74) is -1.50. The summed E-state index contributed by atoms with van der Waals surface area (Å²) < 4.78 is 15.3. The largest absolute Gasteiger partial charge is 0.456 e. The van der Waals surface area contributed by atoms with Crippen molar-refractivity contribution in [3.8, 4) is 0 Å². The average Bonchev–Trinajstić information content (AvgIpc) is 2.72. The molecule has 1 amide bonds. The van der Waals surface area contributed by atoms with E-state index in [9.17, 15) is 14.4 Å². The Hall–Kier alpha value is -2.25. The monoisotopic (exact) mass is 387 g/mol. The molecule has 0 saturated carbocycles. The minimum absolute atomic E-state index is 0.101. The summed E-state index contributed by atoms with van der Waals surface area (Å²) in [4.78, 5) is 35.8. The first kappa shape index (κ1) is 19.1. The number of esters is 1. The first-order valence-corrected chi connectivity index (χ1v) is 8.01. The van der Waals surface area contributed by atoms with Gasteiger partial charge in [0.1, 0.15) is 0 Å². The van der Waals surface area contributed by atoms with Crippen LogP contribution in [0.4, 0.5) is 4.79 Å². The minimum Gasteiger partial charge on any atom is -0.456 e. The highest BCUT2D eigenvalue weighted by molar-refractivity contribution is 6.36. The fourth-order valence-corrected chi connectivity index (χ4v) is 3.07. The number of nitrogens with one attached hydrogen (secondary N) is 1. The number of hydrogen-bond donors (Lipinski definition) is 1. The van der Waals surface area contributed by atoms with Gasteiger partial charge in [-0.05, 0) is 26.0 Å². The van der Waals surface area contributed by atoms with Gasteiger partial charge in [-0.25, -0.2) is 4.79 Å². The zero-order valence-corrected chi connectivity index (χ0v) is 15.2. The van der Waals surface area contributed by atoms with E-state index in [1.165, 1.54) is 19.1 Å². The third-order valence-corrected chi connectivity index (χ3v) is 3.96. The topological polar surface area (TPSA) is 90.9 Å². The summed E-state index contributed by atoms with van der Waals surface area (Å²) in [6.45, 7) is 4.23. The molecule has 0 spiro atoms. The molecule has 0 saturated heterocycles. The van der Waals surface area contributed by atoms with Crippen molar-refractivity contribution in [2.45, 2.75) is 26.4 Å². The molecule has 1 aliphatic heterocycles. The van der Waals surface area contributed by atoms with Crippen LogP contribution < -0.4 is 5.32 Å². The summed E-state index contributed by atoms with van der Waals surface area (Å²) in [7, 11) is 0. The maximum atomic E-state index is 12.8. The minimum atomic E-state index is -1.69. The lowest BCUT2D eigenvalue weighted by Crippen LogP contribution is -2.33. The van der Waals surface area contributed by atoms with Gasteiger partial charge < -0.3 is 14.2 Å². The van der Waals surface area contributed by atoms with Crippen molar-refractivity contribution in [2.75, 3.05) is 6.61 Å². The third kappa shape index (κ3) is 3.72. The highest BCUT2D eigenvalue weighted by atomic mass is 35.5. The number of Topliss-reactive ketones (excluding diaryl/α,β-unsaturated/α-hetero) is 1. The molecular formula is C16H15Cl2NO6. The van der Waals surface area contributed by atoms with Crippen LogP contribution in [-0.4, -0.2) is 24.5 Å². The standard InChI is InChI=1S/C16H15Cl2NO6/c1-4-23-15(22)19-14-12(24-8(2)20)13(21)16(3,25-14)11-9(17)6-5-7-10(11)18/h5-7H,4H2,1-3H3,(H,19,22). The molecule has 1 aromatic rings. The Kier molecular flexibility index (Phi) is 5.59. The lowest BCUT2D eigenvalue weighted by atomic mass is 9.91. The lowest BCUT2D eigenvalue weighted by molar-refractivity contribution is -0.142. The van der Waals surface area contributed by atoms with Gasteiger partial charge in [0.05, 0.1) is 6.61 Å². The third-order valence-electron chi connectivity index (χ3n) is 3.33. The van der Waals surface area contributed by atoms with E-state index in [1.807, 2.05) is 0 Å². The normalized spacial score (nSPS) is 19.5. The lowest BCUT2D eigenvalue weighted by Gasteiger charge is -2.25. The van der Waals surface area contributed by atoms with Crippen LogP contribution >= 0.6 is 23.2 Å². The number of alkyl carbamates (subject to hydrolysis) is 1. The van der Waals surface area contributed by atoms with Crippen molar-refractivity contribution in [1.82, 2.24) is 5.32 Å². The average molecular weight is 388 g/mol. The molecule has 25 heavy (non-hydrogen) atoms. The highest BCUT2D eigenvalue weighted by Gasteiger charge is 2.51. The summed E-state index contributed by atoms with van der Waals surface area (Å²) in [6, 6.07) is 4.68. The Morgan fingerprint density at radius 1 is 1.28 bits per heavy atom. The van der Waals surface area contributed by atoms with Crippen molar-refractivity contribution in [1.29, 1.82) is 0 Å². The Morgan fingerprint density at radius 2 is 1.88 bits per heavy atom. The molecule has 1 aliphatic rings. The van der Waals surface area contributed by atoms with Crippen LogP contribution in [0.25, 0.3) is 0 Å². The number of ether oxygens (including phenoxy) is 3. The van der Waals surface area contributed by atoms with Crippen molar-refractivity contribution >= 4 is 41.0 Å². The molecular weight excluding hydrogens is 373 g/mol. The van der Waals surface area contributed by atoms with Crippen molar-refractivity contribution in [3.63, 3.8) is 0 Å². The maximum absolute atomic E-state index is 12.8. The van der Waals surface area contributed by atoms with E-state index in [1.54, 1.807) is 13.0 Å². The molecule has 2 rings (SSSR count). The van der Waals surface area contributed by atoms with E-state index >= 15 is 0 Å². The molecule has 134 valence electrons. The second kappa shape index (κ2) is 7.33. The van der Waals surface area contributed by atoms with E-state index in [-0.39, 0.29) is 28.1 Å². The van der Waals surface area contributed by atoms with Crippen molar-refractivity contribution in [2.24, 2.45) is 0 Å². The molecule has 7 nitrogen and oxygen atoms in total. The summed E-state index contributed by atoms with van der Waals surface area (Å²) in [5.74, 6) is -2.29. The molecule has 1 aromatic carbocycles. The second-order valence-electron chi connectivity index (χ2n) is 5.16. The first-order valence-electron chi connectivity index (χ1n) is 7.25. The van der Waals surface area contributed by atoms with Gasteiger partial charge in [0, 0.05) is 22.5 Å². The van der Waals surface area contributed by atoms with Crippen LogP contribution in [0.2, 0.25) is 10.0 Å². The fourth-order valence-electron chi connectivity index (χ4n) is 2.31. The zero-order chi connectivity index (χ0) is 18.8. The number of amides is 1. The smallest absolute Gasteiger partial charge is 0.414 e. The number of ketones is 1. The molecule has 1 atom stereocenters. The quantitative estimate of drug-likeness (QED) is 0.797. The number of benzene rings is 1. The van der Waals surface area contributed by atoms with Crippen molar-refractivity contribution in [3.05, 3.63) is 45.5 Å². The van der Waals surface area contributed by atoms with E-state index in [0.717, 1.165) is 6.92 Å². The van der Waals surface area contributed by atoms with Crippen molar-refractivity contribution < 1.29 is 28.6 Å². The van der Waals surface area contributed by atoms with E-state index in [4.69, 9.17) is 37.4 Å². The van der Waals surface area contributed by atoms with Gasteiger partial charge in [-0.1, -0.05) is 29.3 Å². The Morgan fingerprint density at radius 3 is 2.40 bits per heavy atom. The number of carbonyl (C=O) groups excluding carboxylic acids is 3. The molecule has 0 aromatic heterocycles. The summed E-state index contributed by atoms with van der Waals surface area (Å²) in [5, 5.41) is 2.61. The van der Waals surface area contributed by atoms with Gasteiger partial charge in [-0.2, -0.15) is 0 Å². The molecule has 0 radical (unpaired) electrons. The Bertz CT molecular complexity index is 756. The van der Waals surface area contributed by atoms with Gasteiger partial charge in [0.15, 0.2) is 0 Å². The van der Waals surface area contributed by atoms with E-state index in [2.05, 4.69) is 5.32 Å². The van der Waals surface area contributed by atoms with Crippen LogP contribution in [0, 0.1) is 0 Å². The predicted molar refractivity (Wildman–Crippen MR) is 88.9 cm³/mol. The first-order chi connectivity index (χ1) is 11.7. The number of hydrogen-bond acceptors (Lipinski definition) is 6. The fraction of sp³-hybridized carbons (Fsp3) is 0.312. The predicted octanol–water partition coefficient (Wildman–Crippen LogP) is 3.29. The molecule has 1 N–H and O–H groups in total. The molecule has 1 heterocycles. The van der Waals surface area contributed by atoms with Gasteiger partial charge in [-0.3, -0.25) is 14.9 Å². The van der Waals surface area contributed by atoms with Crippen LogP contribution in [-0.2, 0) is 29.4 Å². The highest BCUT2D eigenvalue weighted by Crippen LogP contribution is 2.44. The SMILES string of the molecule is CCOC(=O)NC1=C(OC(C)=O)C(=O)C(C)(c2c(Cl)cccc2Cl)O1. The summed E-state index contributed by atoms with van der Waals surface area (Å²) >= 11 is 12.3. The molecule has 9 heteroatoms. The van der Waals surface area contributed by atoms with Gasteiger partial charge >= 0.3 is 12.1 Å². The Labute approximate surface area is 153 Å². The van der Waals surface area contributed by atoms with Gasteiger partial charge in [0.25, 0.3) is 5.78 Å². The van der Waals surface area contributed by atoms with Gasteiger partial charge in [0.2, 0.25) is 17.2 Å². The Balaban J connectivity index is 2.47. The van der Waals surface area contributed by atoms with Crippen LogP contribution in [0.3, 0.4) is 0 Å². The molecule has 0 fully saturated rings. The number of rotatable bonds is 4. The summed E-state index contributed by atoms with van der Waals surface area (Å²) in [6.07, 6.45) is -0.871. The zero-order valence-electron chi connectivity index (χ0n) is 13.6. The van der Waals surface area contributed by atoms with Gasteiger partial charge in [-0.15, -0.1) is 0 Å². The van der Waals surface area contributed by atoms with E-state index in [0.29, 0.717) is 0 Å². The number of carbonyl (C=O) groups is 3. The van der Waals surface area contributed by atoms with Crippen LogP contribution in [0.15, 0.2) is 29.8 Å². The second-order valence-corrected chi connectivity index (χ2v) is 5.97. The van der Waals surface area contributed by atoms with E-state index < -0.39 is 29.2 Å². The number of halogens is 2. The molecule has 1 unspecified atom stereocenters. The van der Waals surface area contributed by atoms with Crippen LogP contribution in [0.5, 0.6) is 0 Å². The van der Waals surface area contributed by atoms with Crippen LogP contribution in [0.1, 0.15) is 26.3 Å².